The molecule has 7 nitrogen and oxygen atoms in total. The Morgan fingerprint density at radius 2 is 1.53 bits per heavy atom. The van der Waals surface area contributed by atoms with Crippen LogP contribution in [-0.2, 0) is 4.74 Å². The van der Waals surface area contributed by atoms with Crippen molar-refractivity contribution in [2.75, 3.05) is 4.90 Å². The summed E-state index contributed by atoms with van der Waals surface area (Å²) in [5.41, 5.74) is 1.97. The van der Waals surface area contributed by atoms with Crippen LogP contribution in [-0.4, -0.2) is 23.9 Å². The summed E-state index contributed by atoms with van der Waals surface area (Å²) in [5.74, 6) is 0.502. The number of benzene rings is 3. The van der Waals surface area contributed by atoms with Crippen LogP contribution in [0.15, 0.2) is 67.2 Å². The standard InChI is InChI=1S/C27H23NO6/c1-5-17-6-9-19(10-7-17)25(30)28-21-12-8-18(16-29)14-23(21)33-24-15-20(11-13-22(24)28)32-26(31)34-27(2,3)4/h5-16H,1H2,2-4H3. The minimum atomic E-state index is -0.859. The third-order valence-corrected chi connectivity index (χ3v) is 4.94. The first kappa shape index (κ1) is 22.8. The van der Waals surface area contributed by atoms with Crippen molar-refractivity contribution < 1.29 is 28.6 Å². The highest BCUT2D eigenvalue weighted by Crippen LogP contribution is 2.48. The van der Waals surface area contributed by atoms with Crippen molar-refractivity contribution in [3.63, 3.8) is 0 Å². The highest BCUT2D eigenvalue weighted by molar-refractivity contribution is 6.13. The predicted molar refractivity (Wildman–Crippen MR) is 128 cm³/mol. The largest absolute Gasteiger partial charge is 0.514 e. The van der Waals surface area contributed by atoms with E-state index in [9.17, 15) is 14.4 Å². The second-order valence-electron chi connectivity index (χ2n) is 8.61. The zero-order chi connectivity index (χ0) is 24.5. The normalized spacial score (nSPS) is 12.0. The third-order valence-electron chi connectivity index (χ3n) is 4.94. The van der Waals surface area contributed by atoms with Gasteiger partial charge in [-0.3, -0.25) is 14.5 Å². The summed E-state index contributed by atoms with van der Waals surface area (Å²) in [7, 11) is 0. The number of ether oxygens (including phenoxy) is 3. The minimum absolute atomic E-state index is 0.186. The predicted octanol–water partition coefficient (Wildman–Crippen LogP) is 6.54. The first-order valence-electron chi connectivity index (χ1n) is 10.6. The maximum atomic E-state index is 13.6. The van der Waals surface area contributed by atoms with E-state index in [1.54, 1.807) is 81.4 Å². The highest BCUT2D eigenvalue weighted by atomic mass is 16.7. The number of anilines is 2. The van der Waals surface area contributed by atoms with Crippen LogP contribution in [0.5, 0.6) is 17.2 Å². The lowest BCUT2D eigenvalue weighted by Gasteiger charge is -2.31. The monoisotopic (exact) mass is 457 g/mol. The zero-order valence-electron chi connectivity index (χ0n) is 19.0. The van der Waals surface area contributed by atoms with Crippen LogP contribution >= 0.6 is 0 Å². The van der Waals surface area contributed by atoms with Crippen molar-refractivity contribution in [1.29, 1.82) is 0 Å². The Labute approximate surface area is 197 Å². The van der Waals surface area contributed by atoms with Crippen molar-refractivity contribution in [3.05, 3.63) is 83.9 Å². The molecule has 1 aliphatic rings. The van der Waals surface area contributed by atoms with Gasteiger partial charge in [-0.2, -0.15) is 0 Å². The fourth-order valence-electron chi connectivity index (χ4n) is 3.42. The van der Waals surface area contributed by atoms with Gasteiger partial charge in [-0.25, -0.2) is 4.79 Å². The van der Waals surface area contributed by atoms with Crippen molar-refractivity contribution >= 4 is 35.8 Å². The SMILES string of the molecule is C=Cc1ccc(C(=O)N2c3ccc(C=O)cc3Oc3cc(OC(=O)OC(C)(C)C)ccc32)cc1. The van der Waals surface area contributed by atoms with Gasteiger partial charge in [0, 0.05) is 17.2 Å². The molecule has 3 aromatic carbocycles. The average Bonchev–Trinajstić information content (AvgIpc) is 2.80. The number of rotatable bonds is 4. The number of nitrogens with zero attached hydrogens (tertiary/aromatic N) is 1. The number of hydrogen-bond donors (Lipinski definition) is 0. The number of amides is 1. The first-order valence-corrected chi connectivity index (χ1v) is 10.6. The Balaban J connectivity index is 1.74. The summed E-state index contributed by atoms with van der Waals surface area (Å²) in [6.07, 6.45) is 1.53. The summed E-state index contributed by atoms with van der Waals surface area (Å²) in [6, 6.07) is 16.5. The van der Waals surface area contributed by atoms with Gasteiger partial charge in [0.1, 0.15) is 17.6 Å². The lowest BCUT2D eigenvalue weighted by molar-refractivity contribution is 0.0206. The maximum absolute atomic E-state index is 13.6. The Bertz CT molecular complexity index is 1290. The maximum Gasteiger partial charge on any atom is 0.514 e. The molecule has 172 valence electrons. The molecule has 1 aliphatic heterocycles. The highest BCUT2D eigenvalue weighted by Gasteiger charge is 2.31. The molecule has 3 aromatic rings. The van der Waals surface area contributed by atoms with E-state index in [1.807, 2.05) is 0 Å². The summed E-state index contributed by atoms with van der Waals surface area (Å²) in [4.78, 5) is 38.5. The van der Waals surface area contributed by atoms with Gasteiger partial charge in [-0.1, -0.05) is 24.8 Å². The molecule has 0 saturated carbocycles. The second kappa shape index (κ2) is 8.86. The number of hydrogen-bond acceptors (Lipinski definition) is 6. The molecule has 0 aromatic heterocycles. The van der Waals surface area contributed by atoms with Crippen LogP contribution in [0.1, 0.15) is 47.1 Å². The van der Waals surface area contributed by atoms with E-state index in [0.717, 1.165) is 5.56 Å². The van der Waals surface area contributed by atoms with Crippen LogP contribution in [0.2, 0.25) is 0 Å². The zero-order valence-corrected chi connectivity index (χ0v) is 19.0. The Morgan fingerprint density at radius 3 is 2.15 bits per heavy atom. The molecule has 1 heterocycles. The van der Waals surface area contributed by atoms with E-state index in [0.29, 0.717) is 34.5 Å². The van der Waals surface area contributed by atoms with Gasteiger partial charge in [0.2, 0.25) is 0 Å². The van der Waals surface area contributed by atoms with Crippen LogP contribution < -0.4 is 14.4 Å². The van der Waals surface area contributed by atoms with Gasteiger partial charge in [-0.15, -0.1) is 0 Å². The molecule has 0 radical (unpaired) electrons. The van der Waals surface area contributed by atoms with Crippen LogP contribution in [0.4, 0.5) is 16.2 Å². The molecule has 0 unspecified atom stereocenters. The number of aldehydes is 1. The van der Waals surface area contributed by atoms with E-state index in [4.69, 9.17) is 14.2 Å². The average molecular weight is 457 g/mol. The van der Waals surface area contributed by atoms with Crippen molar-refractivity contribution in [2.45, 2.75) is 26.4 Å². The lowest BCUT2D eigenvalue weighted by atomic mass is 10.1. The lowest BCUT2D eigenvalue weighted by Crippen LogP contribution is -2.29. The molecule has 0 spiro atoms. The quantitative estimate of drug-likeness (QED) is 0.251. The van der Waals surface area contributed by atoms with E-state index < -0.39 is 11.8 Å². The molecule has 0 fully saturated rings. The Morgan fingerprint density at radius 1 is 0.912 bits per heavy atom. The van der Waals surface area contributed by atoms with E-state index >= 15 is 0 Å². The molecular weight excluding hydrogens is 434 g/mol. The number of carbonyl (C=O) groups is 3. The Kier molecular flexibility index (Phi) is 5.94. The smallest absolute Gasteiger partial charge is 0.453 e. The molecule has 0 saturated heterocycles. The molecular formula is C27H23NO6. The van der Waals surface area contributed by atoms with Crippen molar-refractivity contribution in [1.82, 2.24) is 0 Å². The second-order valence-corrected chi connectivity index (χ2v) is 8.61. The Hall–Kier alpha value is -4.39. The number of carbonyl (C=O) groups excluding carboxylic acids is 3. The third kappa shape index (κ3) is 4.68. The summed E-state index contributed by atoms with van der Waals surface area (Å²) >= 11 is 0. The molecule has 0 aliphatic carbocycles. The summed E-state index contributed by atoms with van der Waals surface area (Å²) < 4.78 is 16.5. The van der Waals surface area contributed by atoms with Crippen molar-refractivity contribution in [2.24, 2.45) is 0 Å². The summed E-state index contributed by atoms with van der Waals surface area (Å²) in [5, 5.41) is 0. The van der Waals surface area contributed by atoms with E-state index in [2.05, 4.69) is 6.58 Å². The molecule has 7 heteroatoms. The van der Waals surface area contributed by atoms with Gasteiger partial charge in [-0.05, 0) is 68.8 Å². The van der Waals surface area contributed by atoms with E-state index in [-0.39, 0.29) is 17.4 Å². The molecule has 0 bridgehead atoms. The molecule has 1 amide bonds. The molecule has 34 heavy (non-hydrogen) atoms. The first-order chi connectivity index (χ1) is 16.2. The van der Waals surface area contributed by atoms with Gasteiger partial charge in [0.05, 0.1) is 11.4 Å². The van der Waals surface area contributed by atoms with Gasteiger partial charge in [0.15, 0.2) is 11.5 Å². The number of fused-ring (bicyclic) bond motifs is 2. The fourth-order valence-corrected chi connectivity index (χ4v) is 3.42. The minimum Gasteiger partial charge on any atom is -0.453 e. The van der Waals surface area contributed by atoms with Crippen molar-refractivity contribution in [3.8, 4) is 17.2 Å². The van der Waals surface area contributed by atoms with Gasteiger partial charge in [0.25, 0.3) is 5.91 Å². The van der Waals surface area contributed by atoms with Crippen LogP contribution in [0.3, 0.4) is 0 Å². The summed E-state index contributed by atoms with van der Waals surface area (Å²) in [6.45, 7) is 8.93. The molecule has 4 rings (SSSR count). The molecule has 0 atom stereocenters. The topological polar surface area (TPSA) is 82.1 Å². The van der Waals surface area contributed by atoms with Crippen LogP contribution in [0.25, 0.3) is 6.08 Å². The van der Waals surface area contributed by atoms with Gasteiger partial charge >= 0.3 is 6.16 Å². The van der Waals surface area contributed by atoms with E-state index in [1.165, 1.54) is 11.0 Å². The van der Waals surface area contributed by atoms with Crippen LogP contribution in [0, 0.1) is 0 Å². The van der Waals surface area contributed by atoms with Gasteiger partial charge < -0.3 is 14.2 Å². The molecule has 0 N–H and O–H groups in total. The fraction of sp³-hybridized carbons (Fsp3) is 0.148.